The summed E-state index contributed by atoms with van der Waals surface area (Å²) in [6, 6.07) is 8.34. The average Bonchev–Trinajstić information content (AvgIpc) is 2.68. The summed E-state index contributed by atoms with van der Waals surface area (Å²) in [5, 5.41) is 12.2. The number of para-hydroxylation sites is 1. The van der Waals surface area contributed by atoms with E-state index in [1.165, 1.54) is 15.4 Å². The standard InChI is InChI=1S/C14H19NOSe/c1-14(2,3)13(16)9-17-12-8-15-11-7-5-4-6-10(11)12/h4-8,13,15-16H,9H2,1-3H3. The van der Waals surface area contributed by atoms with Crippen LogP contribution in [0.3, 0.4) is 0 Å². The van der Waals surface area contributed by atoms with E-state index in [-0.39, 0.29) is 11.5 Å². The van der Waals surface area contributed by atoms with Gasteiger partial charge in [-0.3, -0.25) is 0 Å². The van der Waals surface area contributed by atoms with Gasteiger partial charge in [-0.25, -0.2) is 0 Å². The minimum absolute atomic E-state index is 0.0200. The predicted molar refractivity (Wildman–Crippen MR) is 74.0 cm³/mol. The molecule has 2 nitrogen and oxygen atoms in total. The molecule has 2 rings (SSSR count). The zero-order valence-corrected chi connectivity index (χ0v) is 12.2. The molecule has 0 saturated heterocycles. The summed E-state index contributed by atoms with van der Waals surface area (Å²) in [5.74, 6) is 0. The summed E-state index contributed by atoms with van der Waals surface area (Å²) in [7, 11) is 0. The Morgan fingerprint density at radius 3 is 2.71 bits per heavy atom. The molecule has 2 N–H and O–H groups in total. The Hall–Kier alpha value is -0.761. The van der Waals surface area contributed by atoms with Gasteiger partial charge in [0.2, 0.25) is 0 Å². The third-order valence-corrected chi connectivity index (χ3v) is 5.32. The van der Waals surface area contributed by atoms with Crippen LogP contribution in [0.5, 0.6) is 0 Å². The third-order valence-electron chi connectivity index (χ3n) is 2.95. The maximum absolute atomic E-state index is 10.1. The number of nitrogens with one attached hydrogen (secondary N) is 1. The van der Waals surface area contributed by atoms with E-state index in [1.807, 2.05) is 6.07 Å². The molecule has 92 valence electrons. The van der Waals surface area contributed by atoms with Gasteiger partial charge in [0.25, 0.3) is 0 Å². The molecular weight excluding hydrogens is 277 g/mol. The van der Waals surface area contributed by atoms with E-state index < -0.39 is 0 Å². The SMILES string of the molecule is CC(C)(C)C(O)C[Se]c1c[nH]c2ccccc12. The Labute approximate surface area is 109 Å². The fourth-order valence-corrected chi connectivity index (χ4v) is 4.34. The molecule has 0 fully saturated rings. The van der Waals surface area contributed by atoms with Gasteiger partial charge in [0, 0.05) is 0 Å². The van der Waals surface area contributed by atoms with Gasteiger partial charge in [-0.15, -0.1) is 0 Å². The first-order valence-electron chi connectivity index (χ1n) is 5.85. The first kappa shape index (κ1) is 12.7. The van der Waals surface area contributed by atoms with Crippen molar-refractivity contribution in [1.29, 1.82) is 0 Å². The molecule has 1 aromatic carbocycles. The number of aromatic nitrogens is 1. The second-order valence-electron chi connectivity index (χ2n) is 5.39. The second-order valence-corrected chi connectivity index (χ2v) is 7.62. The zero-order valence-electron chi connectivity index (χ0n) is 10.5. The Balaban J connectivity index is 2.09. The number of aliphatic hydroxyl groups is 1. The van der Waals surface area contributed by atoms with E-state index in [1.54, 1.807) is 0 Å². The summed E-state index contributed by atoms with van der Waals surface area (Å²) in [6.07, 6.45) is 1.86. The number of aliphatic hydroxyl groups excluding tert-OH is 1. The van der Waals surface area contributed by atoms with Crippen molar-refractivity contribution in [3.63, 3.8) is 0 Å². The van der Waals surface area contributed by atoms with Gasteiger partial charge in [0.05, 0.1) is 0 Å². The normalized spacial score (nSPS) is 14.1. The van der Waals surface area contributed by atoms with Crippen molar-refractivity contribution in [2.75, 3.05) is 0 Å². The van der Waals surface area contributed by atoms with E-state index >= 15 is 0 Å². The number of benzene rings is 1. The molecule has 1 unspecified atom stereocenters. The van der Waals surface area contributed by atoms with Crippen LogP contribution in [0.25, 0.3) is 10.9 Å². The second kappa shape index (κ2) is 4.85. The number of rotatable bonds is 3. The predicted octanol–water partition coefficient (Wildman–Crippen LogP) is 2.32. The Morgan fingerprint density at radius 1 is 1.29 bits per heavy atom. The van der Waals surface area contributed by atoms with Gasteiger partial charge in [0.15, 0.2) is 0 Å². The number of H-pyrrole nitrogens is 1. The molecule has 0 bridgehead atoms. The summed E-state index contributed by atoms with van der Waals surface area (Å²) in [5.41, 5.74) is 1.17. The summed E-state index contributed by atoms with van der Waals surface area (Å²) >= 11 is 0.326. The summed E-state index contributed by atoms with van der Waals surface area (Å²) in [4.78, 5) is 3.28. The first-order chi connectivity index (χ1) is 7.98. The monoisotopic (exact) mass is 297 g/mol. The van der Waals surface area contributed by atoms with Crippen molar-refractivity contribution < 1.29 is 5.11 Å². The van der Waals surface area contributed by atoms with E-state index in [0.717, 1.165) is 5.32 Å². The van der Waals surface area contributed by atoms with Crippen LogP contribution in [0.2, 0.25) is 5.32 Å². The third kappa shape index (κ3) is 2.92. The Bertz CT molecular complexity index is 498. The molecule has 1 aromatic heterocycles. The van der Waals surface area contributed by atoms with Crippen molar-refractivity contribution in [1.82, 2.24) is 4.98 Å². The fraction of sp³-hybridized carbons (Fsp3) is 0.429. The fourth-order valence-electron chi connectivity index (χ4n) is 1.58. The molecular formula is C14H19NOSe. The van der Waals surface area contributed by atoms with Crippen molar-refractivity contribution in [3.8, 4) is 0 Å². The molecule has 0 spiro atoms. The van der Waals surface area contributed by atoms with E-state index in [0.29, 0.717) is 15.0 Å². The van der Waals surface area contributed by atoms with Crippen molar-refractivity contribution >= 4 is 30.3 Å². The zero-order chi connectivity index (χ0) is 12.5. The van der Waals surface area contributed by atoms with E-state index in [2.05, 4.69) is 50.2 Å². The van der Waals surface area contributed by atoms with Crippen LogP contribution < -0.4 is 4.46 Å². The molecule has 1 heterocycles. The van der Waals surface area contributed by atoms with Crippen LogP contribution >= 0.6 is 0 Å². The number of fused-ring (bicyclic) bond motifs is 1. The number of hydrogen-bond donors (Lipinski definition) is 2. The Kier molecular flexibility index (Phi) is 3.62. The molecule has 0 saturated carbocycles. The average molecular weight is 296 g/mol. The van der Waals surface area contributed by atoms with Crippen LogP contribution in [0.1, 0.15) is 20.8 Å². The topological polar surface area (TPSA) is 36.0 Å². The summed E-state index contributed by atoms with van der Waals surface area (Å²) < 4.78 is 1.36. The molecule has 17 heavy (non-hydrogen) atoms. The van der Waals surface area contributed by atoms with Gasteiger partial charge in [0.1, 0.15) is 0 Å². The van der Waals surface area contributed by atoms with Gasteiger partial charge < -0.3 is 0 Å². The van der Waals surface area contributed by atoms with E-state index in [9.17, 15) is 5.11 Å². The van der Waals surface area contributed by atoms with Crippen LogP contribution in [-0.4, -0.2) is 31.2 Å². The summed E-state index contributed by atoms with van der Waals surface area (Å²) in [6.45, 7) is 6.26. The van der Waals surface area contributed by atoms with Gasteiger partial charge in [-0.1, -0.05) is 0 Å². The molecule has 0 aliphatic rings. The molecule has 3 heteroatoms. The molecule has 0 aliphatic heterocycles. The van der Waals surface area contributed by atoms with Crippen LogP contribution in [0.15, 0.2) is 30.5 Å². The molecule has 0 radical (unpaired) electrons. The van der Waals surface area contributed by atoms with Crippen LogP contribution in [0, 0.1) is 5.41 Å². The number of hydrogen-bond acceptors (Lipinski definition) is 1. The molecule has 1 atom stereocenters. The minimum atomic E-state index is -0.226. The number of aromatic amines is 1. The molecule has 0 aliphatic carbocycles. The quantitative estimate of drug-likeness (QED) is 0.838. The molecule has 0 amide bonds. The first-order valence-corrected chi connectivity index (χ1v) is 7.92. The van der Waals surface area contributed by atoms with Crippen LogP contribution in [0.4, 0.5) is 0 Å². The van der Waals surface area contributed by atoms with Crippen molar-refractivity contribution in [2.45, 2.75) is 32.2 Å². The van der Waals surface area contributed by atoms with Crippen LogP contribution in [-0.2, 0) is 0 Å². The van der Waals surface area contributed by atoms with Gasteiger partial charge in [-0.2, -0.15) is 0 Å². The van der Waals surface area contributed by atoms with Gasteiger partial charge in [-0.05, 0) is 0 Å². The maximum atomic E-state index is 10.1. The van der Waals surface area contributed by atoms with Crippen molar-refractivity contribution in [3.05, 3.63) is 30.5 Å². The van der Waals surface area contributed by atoms with Gasteiger partial charge >= 0.3 is 108 Å². The molecule has 2 aromatic rings. The van der Waals surface area contributed by atoms with E-state index in [4.69, 9.17) is 0 Å². The van der Waals surface area contributed by atoms with Crippen molar-refractivity contribution in [2.24, 2.45) is 5.41 Å². The Morgan fingerprint density at radius 2 is 2.00 bits per heavy atom.